The molecule has 0 aromatic heterocycles. The lowest BCUT2D eigenvalue weighted by molar-refractivity contribution is 0.174. The van der Waals surface area contributed by atoms with Gasteiger partial charge in [0, 0.05) is 4.47 Å². The first-order valence-corrected chi connectivity index (χ1v) is 4.97. The van der Waals surface area contributed by atoms with Gasteiger partial charge in [-0.1, -0.05) is 28.1 Å². The van der Waals surface area contributed by atoms with Gasteiger partial charge in [-0.2, -0.15) is 0 Å². The maximum absolute atomic E-state index is 8.65. The monoisotopic (exact) mass is 256 g/mol. The van der Waals surface area contributed by atoms with Gasteiger partial charge in [-0.15, -0.1) is 0 Å². The van der Waals surface area contributed by atoms with Gasteiger partial charge in [0.1, 0.15) is 0 Å². The normalized spacial score (nSPS) is 13.9. The number of benzene rings is 1. The highest BCUT2D eigenvalue weighted by Crippen LogP contribution is 2.37. The fraction of sp³-hybridized carbons (Fsp3) is 0.200. The Kier molecular flexibility index (Phi) is 2.74. The van der Waals surface area contributed by atoms with Crippen molar-refractivity contribution in [3.05, 3.63) is 28.2 Å². The lowest BCUT2D eigenvalue weighted by atomic mass is 10.2. The van der Waals surface area contributed by atoms with E-state index in [0.29, 0.717) is 0 Å². The Hall–Kier alpha value is -1.00. The van der Waals surface area contributed by atoms with Crippen LogP contribution >= 0.6 is 15.9 Å². The quantitative estimate of drug-likeness (QED) is 0.882. The van der Waals surface area contributed by atoms with Gasteiger partial charge in [-0.3, -0.25) is 0 Å². The van der Waals surface area contributed by atoms with Crippen LogP contribution in [0.3, 0.4) is 0 Å². The van der Waals surface area contributed by atoms with E-state index >= 15 is 0 Å². The first-order valence-electron chi connectivity index (χ1n) is 4.18. The molecule has 1 aliphatic heterocycles. The number of hydrogen-bond acceptors (Lipinski definition) is 3. The van der Waals surface area contributed by atoms with Crippen LogP contribution in [-0.2, 0) is 0 Å². The molecule has 14 heavy (non-hydrogen) atoms. The summed E-state index contributed by atoms with van der Waals surface area (Å²) in [6, 6.07) is 3.73. The Bertz CT molecular complexity index is 374. The summed E-state index contributed by atoms with van der Waals surface area (Å²) in [7, 11) is 0. The molecular formula is C10H9BrO3. The Labute approximate surface area is 90.1 Å². The summed E-state index contributed by atoms with van der Waals surface area (Å²) in [5.74, 6) is 1.49. The molecule has 0 saturated heterocycles. The molecular weight excluding hydrogens is 248 g/mol. The number of aliphatic hydroxyl groups excluding tert-OH is 1. The molecule has 1 heterocycles. The van der Waals surface area contributed by atoms with Crippen LogP contribution in [0.5, 0.6) is 11.5 Å². The second-order valence-corrected chi connectivity index (χ2v) is 3.67. The Morgan fingerprint density at radius 2 is 2.07 bits per heavy atom. The van der Waals surface area contributed by atoms with Gasteiger partial charge < -0.3 is 14.6 Å². The second kappa shape index (κ2) is 4.02. The summed E-state index contributed by atoms with van der Waals surface area (Å²) in [6.45, 7) is 0.301. The van der Waals surface area contributed by atoms with E-state index in [4.69, 9.17) is 14.6 Å². The van der Waals surface area contributed by atoms with Gasteiger partial charge >= 0.3 is 0 Å². The minimum atomic E-state index is 0.0287. The summed E-state index contributed by atoms with van der Waals surface area (Å²) in [5, 5.41) is 8.65. The Morgan fingerprint density at radius 3 is 2.79 bits per heavy atom. The third-order valence-electron chi connectivity index (χ3n) is 1.89. The molecule has 0 atom stereocenters. The average molecular weight is 257 g/mol. The van der Waals surface area contributed by atoms with E-state index in [-0.39, 0.29) is 13.4 Å². The maximum Gasteiger partial charge on any atom is 0.231 e. The lowest BCUT2D eigenvalue weighted by Gasteiger charge is -2.01. The van der Waals surface area contributed by atoms with E-state index in [1.54, 1.807) is 6.08 Å². The van der Waals surface area contributed by atoms with Gasteiger partial charge in [0.2, 0.25) is 6.79 Å². The molecule has 0 bridgehead atoms. The van der Waals surface area contributed by atoms with Gasteiger partial charge in [0.15, 0.2) is 11.5 Å². The minimum Gasteiger partial charge on any atom is -0.454 e. The fourth-order valence-electron chi connectivity index (χ4n) is 1.24. The van der Waals surface area contributed by atoms with E-state index in [1.807, 2.05) is 18.2 Å². The van der Waals surface area contributed by atoms with Crippen LogP contribution < -0.4 is 9.47 Å². The molecule has 2 rings (SSSR count). The van der Waals surface area contributed by atoms with E-state index in [1.165, 1.54) is 0 Å². The maximum atomic E-state index is 8.65. The van der Waals surface area contributed by atoms with Gasteiger partial charge in [-0.05, 0) is 17.7 Å². The standard InChI is InChI=1S/C10H9BrO3/c11-8-5-10-9(13-6-14-10)4-7(8)2-1-3-12/h1-2,4-5,12H,3,6H2. The van der Waals surface area contributed by atoms with Crippen molar-refractivity contribution in [2.45, 2.75) is 0 Å². The van der Waals surface area contributed by atoms with Gasteiger partial charge in [-0.25, -0.2) is 0 Å². The van der Waals surface area contributed by atoms with Crippen molar-refractivity contribution in [1.29, 1.82) is 0 Å². The van der Waals surface area contributed by atoms with Crippen LogP contribution in [0.25, 0.3) is 6.08 Å². The predicted molar refractivity (Wildman–Crippen MR) is 56.4 cm³/mol. The fourth-order valence-corrected chi connectivity index (χ4v) is 1.69. The van der Waals surface area contributed by atoms with E-state index in [0.717, 1.165) is 21.5 Å². The third kappa shape index (κ3) is 1.76. The molecule has 0 aliphatic carbocycles. The van der Waals surface area contributed by atoms with Crippen LogP contribution in [0.4, 0.5) is 0 Å². The van der Waals surface area contributed by atoms with E-state index in [9.17, 15) is 0 Å². The van der Waals surface area contributed by atoms with Crippen molar-refractivity contribution >= 4 is 22.0 Å². The Morgan fingerprint density at radius 1 is 1.36 bits per heavy atom. The summed E-state index contributed by atoms with van der Waals surface area (Å²) in [5.41, 5.74) is 0.961. The first kappa shape index (κ1) is 9.55. The van der Waals surface area contributed by atoms with Crippen molar-refractivity contribution in [2.75, 3.05) is 13.4 Å². The highest BCUT2D eigenvalue weighted by molar-refractivity contribution is 9.10. The molecule has 1 aliphatic rings. The first-order chi connectivity index (χ1) is 6.81. The molecule has 0 fully saturated rings. The number of aliphatic hydroxyl groups is 1. The number of ether oxygens (including phenoxy) is 2. The molecule has 3 nitrogen and oxygen atoms in total. The molecule has 1 aromatic carbocycles. The molecule has 1 N–H and O–H groups in total. The number of rotatable bonds is 2. The van der Waals surface area contributed by atoms with Crippen LogP contribution in [-0.4, -0.2) is 18.5 Å². The number of fused-ring (bicyclic) bond motifs is 1. The van der Waals surface area contributed by atoms with Crippen molar-refractivity contribution in [3.8, 4) is 11.5 Å². The van der Waals surface area contributed by atoms with E-state index in [2.05, 4.69) is 15.9 Å². The van der Waals surface area contributed by atoms with Crippen LogP contribution in [0.1, 0.15) is 5.56 Å². The van der Waals surface area contributed by atoms with Crippen molar-refractivity contribution in [2.24, 2.45) is 0 Å². The average Bonchev–Trinajstić information content (AvgIpc) is 2.61. The summed E-state index contributed by atoms with van der Waals surface area (Å²) in [4.78, 5) is 0. The van der Waals surface area contributed by atoms with Crippen molar-refractivity contribution < 1.29 is 14.6 Å². The molecule has 0 unspecified atom stereocenters. The van der Waals surface area contributed by atoms with Crippen LogP contribution in [0, 0.1) is 0 Å². The number of hydrogen-bond donors (Lipinski definition) is 1. The van der Waals surface area contributed by atoms with Crippen LogP contribution in [0.15, 0.2) is 22.7 Å². The predicted octanol–water partition coefficient (Wildman–Crippen LogP) is 2.18. The molecule has 0 spiro atoms. The highest BCUT2D eigenvalue weighted by Gasteiger charge is 2.14. The molecule has 1 aromatic rings. The summed E-state index contributed by atoms with van der Waals surface area (Å²) < 4.78 is 11.4. The van der Waals surface area contributed by atoms with Gasteiger partial charge in [0.25, 0.3) is 0 Å². The lowest BCUT2D eigenvalue weighted by Crippen LogP contribution is -1.92. The number of halogens is 1. The third-order valence-corrected chi connectivity index (χ3v) is 2.58. The van der Waals surface area contributed by atoms with Crippen LogP contribution in [0.2, 0.25) is 0 Å². The molecule has 0 amide bonds. The summed E-state index contributed by atoms with van der Waals surface area (Å²) >= 11 is 3.41. The highest BCUT2D eigenvalue weighted by atomic mass is 79.9. The zero-order chi connectivity index (χ0) is 9.97. The molecule has 0 radical (unpaired) electrons. The second-order valence-electron chi connectivity index (χ2n) is 2.81. The largest absolute Gasteiger partial charge is 0.454 e. The smallest absolute Gasteiger partial charge is 0.231 e. The summed E-state index contributed by atoms with van der Waals surface area (Å²) in [6.07, 6.45) is 3.49. The molecule has 74 valence electrons. The van der Waals surface area contributed by atoms with Gasteiger partial charge in [0.05, 0.1) is 6.61 Å². The minimum absolute atomic E-state index is 0.0287. The van der Waals surface area contributed by atoms with E-state index < -0.39 is 0 Å². The topological polar surface area (TPSA) is 38.7 Å². The Balaban J connectivity index is 2.37. The zero-order valence-electron chi connectivity index (χ0n) is 7.37. The van der Waals surface area contributed by atoms with Crippen molar-refractivity contribution in [1.82, 2.24) is 0 Å². The molecule has 4 heteroatoms. The molecule has 0 saturated carbocycles. The van der Waals surface area contributed by atoms with Crippen molar-refractivity contribution in [3.63, 3.8) is 0 Å². The zero-order valence-corrected chi connectivity index (χ0v) is 8.95. The SMILES string of the molecule is OCC=Cc1cc2c(cc1Br)OCO2.